The van der Waals surface area contributed by atoms with Crippen LogP contribution in [0.2, 0.25) is 0 Å². The molecule has 1 rings (SSSR count). The molecular weight excluding hydrogens is 272 g/mol. The number of carboxylic acid groups (broad SMARTS) is 1. The number of benzene rings is 1. The Labute approximate surface area is 123 Å². The van der Waals surface area contributed by atoms with Crippen molar-refractivity contribution in [2.45, 2.75) is 13.3 Å². The van der Waals surface area contributed by atoms with Crippen molar-refractivity contribution in [2.75, 3.05) is 25.1 Å². The molecular formula is C15H20N2O4. The third kappa shape index (κ3) is 6.09. The van der Waals surface area contributed by atoms with Crippen molar-refractivity contribution in [3.63, 3.8) is 0 Å². The van der Waals surface area contributed by atoms with E-state index < -0.39 is 5.97 Å². The summed E-state index contributed by atoms with van der Waals surface area (Å²) in [6.45, 7) is 6.73. The van der Waals surface area contributed by atoms with Gasteiger partial charge in [0.15, 0.2) is 0 Å². The number of ether oxygens (including phenoxy) is 1. The summed E-state index contributed by atoms with van der Waals surface area (Å²) in [6, 6.07) is 4.17. The molecule has 1 aromatic rings. The van der Waals surface area contributed by atoms with Crippen LogP contribution in [0.25, 0.3) is 0 Å². The molecule has 21 heavy (non-hydrogen) atoms. The van der Waals surface area contributed by atoms with Crippen LogP contribution in [0.4, 0.5) is 10.5 Å². The lowest BCUT2D eigenvalue weighted by Gasteiger charge is -2.10. The van der Waals surface area contributed by atoms with Gasteiger partial charge in [0.25, 0.3) is 0 Å². The van der Waals surface area contributed by atoms with E-state index in [9.17, 15) is 9.59 Å². The molecule has 1 aromatic carbocycles. The van der Waals surface area contributed by atoms with E-state index in [1.807, 2.05) is 0 Å². The SMILES string of the molecule is C=CCCOCCNC(=O)Nc1ccc(C(=O)O)cc1C. The molecule has 0 bridgehead atoms. The molecule has 0 spiro atoms. The van der Waals surface area contributed by atoms with Crippen LogP contribution in [0.5, 0.6) is 0 Å². The van der Waals surface area contributed by atoms with Crippen LogP contribution in [0.15, 0.2) is 30.9 Å². The Hall–Kier alpha value is -2.34. The van der Waals surface area contributed by atoms with E-state index in [1.165, 1.54) is 12.1 Å². The highest BCUT2D eigenvalue weighted by molar-refractivity contribution is 5.92. The lowest BCUT2D eigenvalue weighted by molar-refractivity contribution is 0.0697. The summed E-state index contributed by atoms with van der Waals surface area (Å²) in [7, 11) is 0. The van der Waals surface area contributed by atoms with Gasteiger partial charge in [-0.2, -0.15) is 0 Å². The summed E-state index contributed by atoms with van der Waals surface area (Å²) in [5.74, 6) is -0.995. The lowest BCUT2D eigenvalue weighted by atomic mass is 10.1. The second-order valence-corrected chi connectivity index (χ2v) is 4.41. The van der Waals surface area contributed by atoms with Gasteiger partial charge in [-0.15, -0.1) is 6.58 Å². The van der Waals surface area contributed by atoms with Crippen LogP contribution in [0.1, 0.15) is 22.3 Å². The van der Waals surface area contributed by atoms with Crippen molar-refractivity contribution in [3.05, 3.63) is 42.0 Å². The first-order chi connectivity index (χ1) is 10.0. The van der Waals surface area contributed by atoms with Crippen molar-refractivity contribution < 1.29 is 19.4 Å². The molecule has 3 N–H and O–H groups in total. The molecule has 0 fully saturated rings. The number of rotatable bonds is 8. The molecule has 0 unspecified atom stereocenters. The normalized spacial score (nSPS) is 9.95. The minimum atomic E-state index is -0.995. The quantitative estimate of drug-likeness (QED) is 0.507. The molecule has 114 valence electrons. The number of carbonyl (C=O) groups excluding carboxylic acids is 1. The summed E-state index contributed by atoms with van der Waals surface area (Å²) in [5.41, 5.74) is 1.45. The smallest absolute Gasteiger partial charge is 0.335 e. The van der Waals surface area contributed by atoms with Gasteiger partial charge in [-0.25, -0.2) is 9.59 Å². The topological polar surface area (TPSA) is 87.7 Å². The van der Waals surface area contributed by atoms with Gasteiger partial charge in [-0.05, 0) is 37.1 Å². The monoisotopic (exact) mass is 292 g/mol. The minimum absolute atomic E-state index is 0.189. The van der Waals surface area contributed by atoms with Gasteiger partial charge in [0, 0.05) is 12.2 Å². The third-order valence-corrected chi connectivity index (χ3v) is 2.72. The van der Waals surface area contributed by atoms with E-state index in [1.54, 1.807) is 19.1 Å². The summed E-state index contributed by atoms with van der Waals surface area (Å²) >= 11 is 0. The minimum Gasteiger partial charge on any atom is -0.478 e. The molecule has 0 aromatic heterocycles. The molecule has 0 aliphatic carbocycles. The highest BCUT2D eigenvalue weighted by Crippen LogP contribution is 2.16. The summed E-state index contributed by atoms with van der Waals surface area (Å²) in [4.78, 5) is 22.5. The molecule has 0 saturated carbocycles. The fourth-order valence-electron chi connectivity index (χ4n) is 1.61. The van der Waals surface area contributed by atoms with E-state index in [0.29, 0.717) is 31.0 Å². The molecule has 0 aliphatic rings. The number of urea groups is 1. The van der Waals surface area contributed by atoms with E-state index in [4.69, 9.17) is 9.84 Å². The Bertz CT molecular complexity index is 514. The lowest BCUT2D eigenvalue weighted by Crippen LogP contribution is -2.31. The number of nitrogens with one attached hydrogen (secondary N) is 2. The molecule has 0 saturated heterocycles. The Morgan fingerprint density at radius 3 is 2.76 bits per heavy atom. The van der Waals surface area contributed by atoms with Gasteiger partial charge < -0.3 is 20.5 Å². The molecule has 0 aliphatic heterocycles. The molecule has 6 heteroatoms. The second kappa shape index (κ2) is 8.76. The molecule has 0 radical (unpaired) electrons. The summed E-state index contributed by atoms with van der Waals surface area (Å²) < 4.78 is 5.26. The van der Waals surface area contributed by atoms with E-state index in [-0.39, 0.29) is 11.6 Å². The standard InChI is InChI=1S/C15H20N2O4/c1-3-4-8-21-9-7-16-15(20)17-13-6-5-12(14(18)19)10-11(13)2/h3,5-6,10H,1,4,7-9H2,2H3,(H,18,19)(H2,16,17,20). The van der Waals surface area contributed by atoms with Gasteiger partial charge in [0.1, 0.15) is 0 Å². The molecule has 0 atom stereocenters. The summed E-state index contributed by atoms with van der Waals surface area (Å²) in [6.07, 6.45) is 2.55. The first-order valence-electron chi connectivity index (χ1n) is 6.62. The number of aryl methyl sites for hydroxylation is 1. The number of hydrogen-bond donors (Lipinski definition) is 3. The first-order valence-corrected chi connectivity index (χ1v) is 6.62. The zero-order chi connectivity index (χ0) is 15.7. The first kappa shape index (κ1) is 16.7. The fraction of sp³-hybridized carbons (Fsp3) is 0.333. The summed E-state index contributed by atoms with van der Waals surface area (Å²) in [5, 5.41) is 14.2. The number of aromatic carboxylic acids is 1. The number of carboxylic acids is 1. The van der Waals surface area contributed by atoms with Crippen molar-refractivity contribution in [3.8, 4) is 0 Å². The van der Waals surface area contributed by atoms with Gasteiger partial charge in [0.05, 0.1) is 18.8 Å². The van der Waals surface area contributed by atoms with E-state index in [2.05, 4.69) is 17.2 Å². The Morgan fingerprint density at radius 1 is 1.38 bits per heavy atom. The number of amides is 2. The van der Waals surface area contributed by atoms with Crippen LogP contribution >= 0.6 is 0 Å². The Kier molecular flexibility index (Phi) is 6.97. The van der Waals surface area contributed by atoms with Crippen LogP contribution in [-0.2, 0) is 4.74 Å². The maximum absolute atomic E-state index is 11.7. The Balaban J connectivity index is 2.37. The highest BCUT2D eigenvalue weighted by Gasteiger charge is 2.07. The zero-order valence-corrected chi connectivity index (χ0v) is 12.0. The zero-order valence-electron chi connectivity index (χ0n) is 12.0. The largest absolute Gasteiger partial charge is 0.478 e. The maximum Gasteiger partial charge on any atom is 0.335 e. The molecule has 0 heterocycles. The average Bonchev–Trinajstić information content (AvgIpc) is 2.44. The van der Waals surface area contributed by atoms with Gasteiger partial charge in [-0.3, -0.25) is 0 Å². The van der Waals surface area contributed by atoms with Crippen LogP contribution in [0, 0.1) is 6.92 Å². The van der Waals surface area contributed by atoms with Gasteiger partial charge in [-0.1, -0.05) is 6.08 Å². The molecule has 6 nitrogen and oxygen atoms in total. The van der Waals surface area contributed by atoms with Crippen LogP contribution in [0.3, 0.4) is 0 Å². The maximum atomic E-state index is 11.7. The third-order valence-electron chi connectivity index (χ3n) is 2.72. The average molecular weight is 292 g/mol. The van der Waals surface area contributed by atoms with Gasteiger partial charge in [0.2, 0.25) is 0 Å². The van der Waals surface area contributed by atoms with Gasteiger partial charge >= 0.3 is 12.0 Å². The predicted octanol–water partition coefficient (Wildman–Crippen LogP) is 2.41. The number of hydrogen-bond acceptors (Lipinski definition) is 3. The fourth-order valence-corrected chi connectivity index (χ4v) is 1.61. The Morgan fingerprint density at radius 2 is 2.14 bits per heavy atom. The number of carbonyl (C=O) groups is 2. The number of anilines is 1. The highest BCUT2D eigenvalue weighted by atomic mass is 16.5. The van der Waals surface area contributed by atoms with Crippen molar-refractivity contribution in [1.29, 1.82) is 0 Å². The second-order valence-electron chi connectivity index (χ2n) is 4.41. The van der Waals surface area contributed by atoms with Crippen molar-refractivity contribution >= 4 is 17.7 Å². The van der Waals surface area contributed by atoms with Crippen LogP contribution in [-0.4, -0.2) is 36.9 Å². The predicted molar refractivity (Wildman–Crippen MR) is 80.8 cm³/mol. The molecule has 2 amide bonds. The van der Waals surface area contributed by atoms with Crippen LogP contribution < -0.4 is 10.6 Å². The van der Waals surface area contributed by atoms with E-state index in [0.717, 1.165) is 6.42 Å². The van der Waals surface area contributed by atoms with Crippen molar-refractivity contribution in [2.24, 2.45) is 0 Å². The van der Waals surface area contributed by atoms with Crippen molar-refractivity contribution in [1.82, 2.24) is 5.32 Å². The van der Waals surface area contributed by atoms with E-state index >= 15 is 0 Å².